The minimum atomic E-state index is -0.827. The first-order valence-corrected chi connectivity index (χ1v) is 13.8. The number of imide groups is 1. The van der Waals surface area contributed by atoms with Crippen molar-refractivity contribution in [2.75, 3.05) is 19.1 Å². The van der Waals surface area contributed by atoms with E-state index in [-0.39, 0.29) is 41.1 Å². The van der Waals surface area contributed by atoms with Crippen LogP contribution in [-0.4, -0.2) is 42.7 Å². The number of Topliss-reactive ketones (excluding diaryl/α,β-unsaturated/α-hetero) is 1. The highest BCUT2D eigenvalue weighted by Gasteiger charge is 2.57. The number of ether oxygens (including phenoxy) is 2. The number of ketones is 2. The van der Waals surface area contributed by atoms with Crippen molar-refractivity contribution in [3.8, 4) is 17.2 Å². The molecule has 1 fully saturated rings. The quantitative estimate of drug-likeness (QED) is 0.327. The van der Waals surface area contributed by atoms with Gasteiger partial charge in [-0.1, -0.05) is 30.7 Å². The van der Waals surface area contributed by atoms with E-state index >= 15 is 0 Å². The Morgan fingerprint density at radius 3 is 2.37 bits per heavy atom. The third kappa shape index (κ3) is 3.96. The fraction of sp³-hybridized carbons (Fsp3) is 0.333. The number of aryl methyl sites for hydroxylation is 1. The zero-order chi connectivity index (χ0) is 29.2. The number of phenolic OH excluding ortho intramolecular Hbond substituents is 1. The molecule has 1 N–H and O–H groups in total. The molecule has 1 saturated heterocycles. The van der Waals surface area contributed by atoms with E-state index in [2.05, 4.69) is 0 Å². The van der Waals surface area contributed by atoms with E-state index < -0.39 is 23.7 Å². The molecule has 0 bridgehead atoms. The van der Waals surface area contributed by atoms with Gasteiger partial charge in [0.15, 0.2) is 11.6 Å². The van der Waals surface area contributed by atoms with Gasteiger partial charge in [0.25, 0.3) is 0 Å². The maximum Gasteiger partial charge on any atom is 0.238 e. The van der Waals surface area contributed by atoms with Crippen molar-refractivity contribution < 1.29 is 33.8 Å². The fourth-order valence-corrected chi connectivity index (χ4v) is 7.01. The van der Waals surface area contributed by atoms with Crippen LogP contribution in [-0.2, 0) is 25.6 Å². The second kappa shape index (κ2) is 9.87. The minimum absolute atomic E-state index is 0.153. The average Bonchev–Trinajstić information content (AvgIpc) is 3.24. The molecule has 0 aromatic heterocycles. The van der Waals surface area contributed by atoms with E-state index in [9.17, 15) is 24.3 Å². The van der Waals surface area contributed by atoms with Crippen LogP contribution < -0.4 is 14.4 Å². The number of methoxy groups -OCH3 is 2. The Bertz CT molecular complexity index is 1610. The van der Waals surface area contributed by atoms with Gasteiger partial charge >= 0.3 is 0 Å². The van der Waals surface area contributed by atoms with E-state index in [1.54, 1.807) is 25.1 Å². The Morgan fingerprint density at radius 1 is 0.976 bits per heavy atom. The highest BCUT2D eigenvalue weighted by Crippen LogP contribution is 2.58. The maximum atomic E-state index is 14.1. The standard InChI is InChI=1S/C33H31NO7/c1-5-17-6-8-18(9-7-17)34-32(38)21-11-10-20-22(27(21)33(34)39)15-23-28(24(35)12-16(2)31(23)37)29(20)30-25(36)13-19(40-3)14-26(30)41-4/h6-10,12-14,21-22,27,29,36H,5,11,15H2,1-4H3. The van der Waals surface area contributed by atoms with Gasteiger partial charge in [0.05, 0.1) is 31.7 Å². The Morgan fingerprint density at radius 2 is 1.71 bits per heavy atom. The van der Waals surface area contributed by atoms with Crippen molar-refractivity contribution in [1.82, 2.24) is 0 Å². The van der Waals surface area contributed by atoms with Crippen LogP contribution in [0.3, 0.4) is 0 Å². The van der Waals surface area contributed by atoms with Crippen molar-refractivity contribution in [3.63, 3.8) is 0 Å². The Balaban J connectivity index is 1.51. The second-order valence-electron chi connectivity index (χ2n) is 11.0. The Labute approximate surface area is 237 Å². The number of allylic oxidation sites excluding steroid dienone is 6. The third-order valence-corrected chi connectivity index (χ3v) is 9.00. The number of hydrogen-bond acceptors (Lipinski definition) is 7. The molecule has 4 unspecified atom stereocenters. The van der Waals surface area contributed by atoms with Gasteiger partial charge < -0.3 is 14.6 Å². The van der Waals surface area contributed by atoms with Crippen LogP contribution in [0.15, 0.2) is 70.8 Å². The molecule has 6 rings (SSSR count). The van der Waals surface area contributed by atoms with E-state index in [1.165, 1.54) is 31.3 Å². The van der Waals surface area contributed by atoms with Crippen LogP contribution in [0.25, 0.3) is 0 Å². The van der Waals surface area contributed by atoms with E-state index in [0.29, 0.717) is 40.3 Å². The molecule has 4 aliphatic rings. The number of phenols is 1. The lowest BCUT2D eigenvalue weighted by molar-refractivity contribution is -0.123. The summed E-state index contributed by atoms with van der Waals surface area (Å²) in [7, 11) is 2.92. The zero-order valence-electron chi connectivity index (χ0n) is 23.4. The molecule has 2 aromatic carbocycles. The van der Waals surface area contributed by atoms with Crippen LogP contribution >= 0.6 is 0 Å². The summed E-state index contributed by atoms with van der Waals surface area (Å²) in [4.78, 5) is 56.0. The molecule has 8 nitrogen and oxygen atoms in total. The molecule has 2 aromatic rings. The van der Waals surface area contributed by atoms with Gasteiger partial charge in [-0.2, -0.15) is 0 Å². The van der Waals surface area contributed by atoms with Crippen LogP contribution in [0, 0.1) is 17.8 Å². The van der Waals surface area contributed by atoms with E-state index in [4.69, 9.17) is 9.47 Å². The molecule has 1 heterocycles. The first kappa shape index (κ1) is 26.7. The Hall–Kier alpha value is -4.46. The molecule has 41 heavy (non-hydrogen) atoms. The lowest BCUT2D eigenvalue weighted by Crippen LogP contribution is -2.40. The molecule has 1 aliphatic heterocycles. The number of benzene rings is 2. The first-order chi connectivity index (χ1) is 19.7. The van der Waals surface area contributed by atoms with E-state index in [1.807, 2.05) is 25.1 Å². The number of carbonyl (C=O) groups is 4. The molecule has 4 atom stereocenters. The van der Waals surface area contributed by atoms with Gasteiger partial charge in [0, 0.05) is 40.3 Å². The van der Waals surface area contributed by atoms with Gasteiger partial charge in [-0.15, -0.1) is 0 Å². The molecule has 0 radical (unpaired) electrons. The molecular formula is C33H31NO7. The van der Waals surface area contributed by atoms with Crippen LogP contribution in [0.5, 0.6) is 17.2 Å². The highest BCUT2D eigenvalue weighted by atomic mass is 16.5. The number of anilines is 1. The maximum absolute atomic E-state index is 14.1. The lowest BCUT2D eigenvalue weighted by atomic mass is 9.59. The van der Waals surface area contributed by atoms with Crippen molar-refractivity contribution in [2.24, 2.45) is 17.8 Å². The number of fused-ring (bicyclic) bond motifs is 3. The largest absolute Gasteiger partial charge is 0.507 e. The monoisotopic (exact) mass is 553 g/mol. The van der Waals surface area contributed by atoms with Crippen molar-refractivity contribution in [1.29, 1.82) is 0 Å². The number of amides is 2. The molecule has 210 valence electrons. The number of rotatable bonds is 5. The Kier molecular flexibility index (Phi) is 6.44. The van der Waals surface area contributed by atoms with E-state index in [0.717, 1.165) is 17.6 Å². The minimum Gasteiger partial charge on any atom is -0.507 e. The molecule has 8 heteroatoms. The molecule has 0 saturated carbocycles. The predicted molar refractivity (Wildman–Crippen MR) is 151 cm³/mol. The van der Waals surface area contributed by atoms with Gasteiger partial charge in [-0.25, -0.2) is 0 Å². The normalized spacial score (nSPS) is 25.4. The molecule has 0 spiro atoms. The van der Waals surface area contributed by atoms with Gasteiger partial charge in [-0.3, -0.25) is 24.1 Å². The zero-order valence-corrected chi connectivity index (χ0v) is 23.4. The summed E-state index contributed by atoms with van der Waals surface area (Å²) in [5.74, 6) is -3.26. The third-order valence-electron chi connectivity index (χ3n) is 9.00. The summed E-state index contributed by atoms with van der Waals surface area (Å²) in [6.07, 6.45) is 4.56. The summed E-state index contributed by atoms with van der Waals surface area (Å²) < 4.78 is 11.0. The highest BCUT2D eigenvalue weighted by molar-refractivity contribution is 6.25. The number of carbonyl (C=O) groups excluding carboxylic acids is 4. The summed E-state index contributed by atoms with van der Waals surface area (Å²) in [6.45, 7) is 3.64. The summed E-state index contributed by atoms with van der Waals surface area (Å²) >= 11 is 0. The number of hydrogen-bond donors (Lipinski definition) is 1. The smallest absolute Gasteiger partial charge is 0.238 e. The number of aromatic hydroxyl groups is 1. The summed E-state index contributed by atoms with van der Waals surface area (Å²) in [6, 6.07) is 10.5. The van der Waals surface area contributed by atoms with Crippen LogP contribution in [0.1, 0.15) is 43.7 Å². The topological polar surface area (TPSA) is 110 Å². The second-order valence-corrected chi connectivity index (χ2v) is 11.0. The molecule has 2 amide bonds. The van der Waals surface area contributed by atoms with Crippen LogP contribution in [0.2, 0.25) is 0 Å². The summed E-state index contributed by atoms with van der Waals surface area (Å²) in [5, 5.41) is 11.2. The van der Waals surface area contributed by atoms with Gasteiger partial charge in [-0.05, 0) is 55.9 Å². The lowest BCUT2D eigenvalue weighted by Gasteiger charge is -2.42. The van der Waals surface area contributed by atoms with Gasteiger partial charge in [0.2, 0.25) is 11.8 Å². The fourth-order valence-electron chi connectivity index (χ4n) is 7.01. The van der Waals surface area contributed by atoms with Gasteiger partial charge in [0.1, 0.15) is 17.2 Å². The number of nitrogens with zero attached hydrogens (tertiary/aromatic N) is 1. The van der Waals surface area contributed by atoms with Crippen molar-refractivity contribution >= 4 is 29.1 Å². The molecular weight excluding hydrogens is 522 g/mol. The van der Waals surface area contributed by atoms with Crippen molar-refractivity contribution in [3.05, 3.63) is 82.0 Å². The molecule has 3 aliphatic carbocycles. The average molecular weight is 554 g/mol. The SMILES string of the molecule is CCc1ccc(N2C(=O)C3CC=C4C(c5c(O)cc(OC)cc5OC)C5=C(CC4C3C2=O)C(=O)C(C)=CC5=O)cc1. The predicted octanol–water partition coefficient (Wildman–Crippen LogP) is 4.61. The van der Waals surface area contributed by atoms with Crippen LogP contribution in [0.4, 0.5) is 5.69 Å². The van der Waals surface area contributed by atoms with Crippen molar-refractivity contribution in [2.45, 2.75) is 39.0 Å². The summed E-state index contributed by atoms with van der Waals surface area (Å²) in [5.41, 5.74) is 3.62. The first-order valence-electron chi connectivity index (χ1n) is 13.8.